The zero-order valence-electron chi connectivity index (χ0n) is 9.83. The van der Waals surface area contributed by atoms with E-state index in [1.165, 1.54) is 21.2 Å². The van der Waals surface area contributed by atoms with Crippen LogP contribution in [0.3, 0.4) is 0 Å². The first-order valence-corrected chi connectivity index (χ1v) is 7.90. The highest BCUT2D eigenvalue weighted by atomic mass is 79.9. The number of hydrogen-bond donors (Lipinski definition) is 1. The van der Waals surface area contributed by atoms with E-state index in [1.807, 2.05) is 11.8 Å². The van der Waals surface area contributed by atoms with Crippen LogP contribution in [0.2, 0.25) is 0 Å². The Hall–Kier alpha value is -0.190. The van der Waals surface area contributed by atoms with Gasteiger partial charge in [-0.1, -0.05) is 22.9 Å². The van der Waals surface area contributed by atoms with Gasteiger partial charge in [-0.3, -0.25) is 0 Å². The molecule has 2 unspecified atom stereocenters. The topological polar surface area (TPSA) is 35.2 Å². The van der Waals surface area contributed by atoms with Gasteiger partial charge in [0.25, 0.3) is 0 Å². The zero-order chi connectivity index (χ0) is 12.0. The first kappa shape index (κ1) is 11.9. The molecule has 2 atom stereocenters. The van der Waals surface area contributed by atoms with Crippen molar-refractivity contribution in [1.82, 2.24) is 0 Å². The fraction of sp³-hybridized carbons (Fsp3) is 0.538. The molecule has 0 bridgehead atoms. The van der Waals surface area contributed by atoms with Crippen molar-refractivity contribution in [2.24, 2.45) is 5.73 Å². The minimum atomic E-state index is 0.123. The highest BCUT2D eigenvalue weighted by molar-refractivity contribution is 9.10. The molecule has 1 aromatic rings. The average molecular weight is 314 g/mol. The molecule has 0 aliphatic carbocycles. The van der Waals surface area contributed by atoms with Crippen LogP contribution in [-0.2, 0) is 12.2 Å². The summed E-state index contributed by atoms with van der Waals surface area (Å²) in [6.07, 6.45) is 2.15. The lowest BCUT2D eigenvalue weighted by atomic mass is 9.94. The highest BCUT2D eigenvalue weighted by Crippen LogP contribution is 2.47. The molecule has 0 saturated heterocycles. The number of thioether (sulfide) groups is 1. The first-order chi connectivity index (χ1) is 8.22. The second-order valence-corrected chi connectivity index (χ2v) is 6.70. The fourth-order valence-electron chi connectivity index (χ4n) is 2.74. The molecule has 2 nitrogen and oxygen atoms in total. The molecule has 0 aromatic heterocycles. The van der Waals surface area contributed by atoms with Crippen LogP contribution < -0.4 is 10.5 Å². The monoisotopic (exact) mass is 313 g/mol. The van der Waals surface area contributed by atoms with E-state index in [0.717, 1.165) is 31.0 Å². The number of benzene rings is 1. The first-order valence-electron chi connectivity index (χ1n) is 6.06. The Labute approximate surface area is 114 Å². The van der Waals surface area contributed by atoms with Gasteiger partial charge < -0.3 is 10.5 Å². The van der Waals surface area contributed by atoms with E-state index in [0.29, 0.717) is 5.25 Å². The van der Waals surface area contributed by atoms with Gasteiger partial charge in [0.2, 0.25) is 0 Å². The van der Waals surface area contributed by atoms with Gasteiger partial charge in [0.1, 0.15) is 5.75 Å². The Bertz CT molecular complexity index is 463. The van der Waals surface area contributed by atoms with Gasteiger partial charge in [-0.25, -0.2) is 0 Å². The van der Waals surface area contributed by atoms with Gasteiger partial charge in [0, 0.05) is 33.5 Å². The van der Waals surface area contributed by atoms with E-state index in [4.69, 9.17) is 10.5 Å². The molecular weight excluding hydrogens is 298 g/mol. The number of fused-ring (bicyclic) bond motifs is 3. The summed E-state index contributed by atoms with van der Waals surface area (Å²) in [5.74, 6) is 2.14. The minimum Gasteiger partial charge on any atom is -0.493 e. The summed E-state index contributed by atoms with van der Waals surface area (Å²) >= 11 is 5.65. The van der Waals surface area contributed by atoms with Gasteiger partial charge in [0.05, 0.1) is 6.61 Å². The van der Waals surface area contributed by atoms with Gasteiger partial charge in [-0.15, -0.1) is 0 Å². The van der Waals surface area contributed by atoms with Gasteiger partial charge in [-0.05, 0) is 23.6 Å². The Morgan fingerprint density at radius 2 is 2.41 bits per heavy atom. The maximum Gasteiger partial charge on any atom is 0.127 e. The van der Waals surface area contributed by atoms with Gasteiger partial charge in [0.15, 0.2) is 0 Å². The van der Waals surface area contributed by atoms with E-state index >= 15 is 0 Å². The summed E-state index contributed by atoms with van der Waals surface area (Å²) in [6, 6.07) is 2.32. The van der Waals surface area contributed by atoms with E-state index < -0.39 is 0 Å². The quantitative estimate of drug-likeness (QED) is 0.863. The van der Waals surface area contributed by atoms with Gasteiger partial charge >= 0.3 is 0 Å². The maximum absolute atomic E-state index is 6.39. The van der Waals surface area contributed by atoms with Crippen molar-refractivity contribution >= 4 is 27.7 Å². The second kappa shape index (κ2) is 4.48. The summed E-state index contributed by atoms with van der Waals surface area (Å²) in [6.45, 7) is 3.02. The normalized spacial score (nSPS) is 26.3. The Morgan fingerprint density at radius 3 is 3.18 bits per heavy atom. The molecule has 0 radical (unpaired) electrons. The molecule has 3 rings (SSSR count). The third-order valence-electron chi connectivity index (χ3n) is 3.64. The van der Waals surface area contributed by atoms with Crippen LogP contribution in [0.25, 0.3) is 0 Å². The Morgan fingerprint density at radius 1 is 1.59 bits per heavy atom. The molecule has 0 spiro atoms. The molecule has 2 heterocycles. The molecule has 17 heavy (non-hydrogen) atoms. The number of halogens is 1. The molecule has 0 saturated carbocycles. The smallest absolute Gasteiger partial charge is 0.127 e. The van der Waals surface area contributed by atoms with E-state index in [9.17, 15) is 0 Å². The largest absolute Gasteiger partial charge is 0.493 e. The third kappa shape index (κ3) is 1.81. The average Bonchev–Trinajstić information content (AvgIpc) is 2.77. The van der Waals surface area contributed by atoms with Crippen molar-refractivity contribution in [1.29, 1.82) is 0 Å². The predicted molar refractivity (Wildman–Crippen MR) is 75.6 cm³/mol. The van der Waals surface area contributed by atoms with Crippen molar-refractivity contribution in [3.63, 3.8) is 0 Å². The highest BCUT2D eigenvalue weighted by Gasteiger charge is 2.32. The summed E-state index contributed by atoms with van der Waals surface area (Å²) in [5.41, 5.74) is 10.3. The van der Waals surface area contributed by atoms with E-state index in [2.05, 4.69) is 28.9 Å². The summed E-state index contributed by atoms with van der Waals surface area (Å²) in [4.78, 5) is 0. The molecule has 2 aliphatic rings. The molecule has 1 aromatic carbocycles. The summed E-state index contributed by atoms with van der Waals surface area (Å²) in [5, 5.41) is 0.526. The second-order valence-electron chi connectivity index (χ2n) is 4.62. The maximum atomic E-state index is 6.39. The number of rotatable bonds is 1. The van der Waals surface area contributed by atoms with Crippen LogP contribution in [-0.4, -0.2) is 11.9 Å². The van der Waals surface area contributed by atoms with Crippen LogP contribution in [0.4, 0.5) is 0 Å². The molecule has 2 aliphatic heterocycles. The van der Waals surface area contributed by atoms with Crippen LogP contribution in [0.5, 0.6) is 5.75 Å². The third-order valence-corrected chi connectivity index (χ3v) is 5.81. The zero-order valence-corrected chi connectivity index (χ0v) is 12.2. The lowest BCUT2D eigenvalue weighted by Crippen LogP contribution is -2.28. The van der Waals surface area contributed by atoms with Crippen LogP contribution in [0.1, 0.15) is 36.1 Å². The van der Waals surface area contributed by atoms with E-state index in [-0.39, 0.29) is 6.04 Å². The van der Waals surface area contributed by atoms with Crippen LogP contribution >= 0.6 is 27.7 Å². The number of hydrogen-bond acceptors (Lipinski definition) is 3. The molecule has 2 N–H and O–H groups in total. The van der Waals surface area contributed by atoms with E-state index in [1.54, 1.807) is 0 Å². The molecule has 0 fully saturated rings. The van der Waals surface area contributed by atoms with Crippen molar-refractivity contribution in [2.45, 2.75) is 36.8 Å². The lowest BCUT2D eigenvalue weighted by Gasteiger charge is -2.31. The van der Waals surface area contributed by atoms with Crippen molar-refractivity contribution in [3.8, 4) is 5.75 Å². The van der Waals surface area contributed by atoms with Crippen LogP contribution in [0.15, 0.2) is 10.5 Å². The molecule has 4 heteroatoms. The fourth-order valence-corrected chi connectivity index (χ4v) is 4.77. The van der Waals surface area contributed by atoms with Crippen molar-refractivity contribution < 1.29 is 4.74 Å². The minimum absolute atomic E-state index is 0.123. The Kier molecular flexibility index (Phi) is 3.13. The standard InChI is InChI=1S/C13H16BrNOS/c1-2-10-12(15)11-8(6-17-10)13-7(3-4-16-13)5-9(11)14/h5,10,12H,2-4,6,15H2,1H3. The number of nitrogens with two attached hydrogens (primary N) is 1. The summed E-state index contributed by atoms with van der Waals surface area (Å²) < 4.78 is 6.95. The number of ether oxygens (including phenoxy) is 1. The Balaban J connectivity index is 2.14. The van der Waals surface area contributed by atoms with Crippen molar-refractivity contribution in [2.75, 3.05) is 6.61 Å². The van der Waals surface area contributed by atoms with Crippen LogP contribution in [0, 0.1) is 0 Å². The summed E-state index contributed by atoms with van der Waals surface area (Å²) in [7, 11) is 0. The molecule has 0 amide bonds. The molecule has 92 valence electrons. The molecular formula is C13H16BrNOS. The SMILES string of the molecule is CCC1SCc2c3c(cc(Br)c2C1N)CCO3. The van der Waals surface area contributed by atoms with Gasteiger partial charge in [-0.2, -0.15) is 11.8 Å². The predicted octanol–water partition coefficient (Wildman–Crippen LogP) is 3.41. The lowest BCUT2D eigenvalue weighted by molar-refractivity contribution is 0.353. The van der Waals surface area contributed by atoms with Crippen molar-refractivity contribution in [3.05, 3.63) is 27.2 Å².